The van der Waals surface area contributed by atoms with Crippen molar-refractivity contribution in [2.75, 3.05) is 18.0 Å². The molecule has 0 spiro atoms. The van der Waals surface area contributed by atoms with E-state index in [2.05, 4.69) is 29.3 Å². The zero-order valence-corrected chi connectivity index (χ0v) is 14.4. The van der Waals surface area contributed by atoms with Crippen molar-refractivity contribution in [3.63, 3.8) is 0 Å². The number of phenolic OH excluding ortho intramolecular Hbond substituents is 1. The van der Waals surface area contributed by atoms with E-state index in [4.69, 9.17) is 11.6 Å². The Labute approximate surface area is 146 Å². The van der Waals surface area contributed by atoms with Crippen molar-refractivity contribution in [3.8, 4) is 5.75 Å². The van der Waals surface area contributed by atoms with Gasteiger partial charge >= 0.3 is 0 Å². The van der Waals surface area contributed by atoms with Gasteiger partial charge in [0.1, 0.15) is 5.75 Å². The van der Waals surface area contributed by atoms with Crippen LogP contribution in [0.4, 0.5) is 5.69 Å². The minimum absolute atomic E-state index is 0.111. The van der Waals surface area contributed by atoms with Crippen LogP contribution in [-0.2, 0) is 0 Å². The Kier molecular flexibility index (Phi) is 6.21. The third-order valence-corrected chi connectivity index (χ3v) is 3.83. The molecule has 0 unspecified atom stereocenters. The predicted molar refractivity (Wildman–Crippen MR) is 98.2 cm³/mol. The van der Waals surface area contributed by atoms with Crippen molar-refractivity contribution in [1.29, 1.82) is 0 Å². The predicted octanol–water partition coefficient (Wildman–Crippen LogP) is 3.66. The van der Waals surface area contributed by atoms with Gasteiger partial charge in [-0.05, 0) is 44.2 Å². The molecule has 0 heterocycles. The molecule has 24 heavy (non-hydrogen) atoms. The molecule has 0 radical (unpaired) electrons. The number of hydrazone groups is 1. The van der Waals surface area contributed by atoms with Crippen LogP contribution in [0.1, 0.15) is 29.8 Å². The monoisotopic (exact) mass is 345 g/mol. The number of nitrogens with zero attached hydrogens (tertiary/aromatic N) is 2. The average Bonchev–Trinajstić information content (AvgIpc) is 2.57. The summed E-state index contributed by atoms with van der Waals surface area (Å²) >= 11 is 5.85. The average molecular weight is 346 g/mol. The maximum atomic E-state index is 11.9. The van der Waals surface area contributed by atoms with Gasteiger partial charge in [-0.15, -0.1) is 0 Å². The number of amides is 1. The molecule has 2 N–H and O–H groups in total. The van der Waals surface area contributed by atoms with Crippen molar-refractivity contribution in [2.45, 2.75) is 13.8 Å². The van der Waals surface area contributed by atoms with Gasteiger partial charge in [0, 0.05) is 41.0 Å². The van der Waals surface area contributed by atoms with Crippen molar-refractivity contribution < 1.29 is 9.90 Å². The Morgan fingerprint density at radius 1 is 1.25 bits per heavy atom. The van der Waals surface area contributed by atoms with E-state index in [-0.39, 0.29) is 11.7 Å². The largest absolute Gasteiger partial charge is 0.507 e. The van der Waals surface area contributed by atoms with Gasteiger partial charge < -0.3 is 10.0 Å². The second-order valence-corrected chi connectivity index (χ2v) is 5.56. The number of anilines is 1. The summed E-state index contributed by atoms with van der Waals surface area (Å²) in [4.78, 5) is 14.1. The molecule has 0 saturated heterocycles. The van der Waals surface area contributed by atoms with E-state index in [1.807, 2.05) is 6.07 Å². The van der Waals surface area contributed by atoms with E-state index in [1.54, 1.807) is 36.4 Å². The third kappa shape index (κ3) is 4.49. The van der Waals surface area contributed by atoms with Crippen LogP contribution >= 0.6 is 11.6 Å². The summed E-state index contributed by atoms with van der Waals surface area (Å²) in [6.45, 7) is 5.83. The number of hydrogen-bond acceptors (Lipinski definition) is 4. The number of nitrogens with one attached hydrogen (secondary N) is 1. The third-order valence-electron chi connectivity index (χ3n) is 3.60. The summed E-state index contributed by atoms with van der Waals surface area (Å²) in [6, 6.07) is 11.9. The van der Waals surface area contributed by atoms with Crippen LogP contribution in [0.2, 0.25) is 5.02 Å². The summed E-state index contributed by atoms with van der Waals surface area (Å²) in [5.41, 5.74) is 4.30. The Morgan fingerprint density at radius 2 is 2.00 bits per heavy atom. The standard InChI is InChI=1S/C18H20ClN3O2/c1-3-22(4-2)16-9-8-14(17(23)11-16)12-20-21-18(24)13-6-5-7-15(19)10-13/h5-12,23H,3-4H2,1-2H3,(H,21,24)/b20-12+. The molecule has 2 rings (SSSR count). The second kappa shape index (κ2) is 8.36. The lowest BCUT2D eigenvalue weighted by Gasteiger charge is -2.21. The van der Waals surface area contributed by atoms with E-state index in [0.29, 0.717) is 16.1 Å². The first kappa shape index (κ1) is 17.8. The van der Waals surface area contributed by atoms with Crippen LogP contribution in [0, 0.1) is 0 Å². The molecular formula is C18H20ClN3O2. The maximum absolute atomic E-state index is 11.9. The Hall–Kier alpha value is -2.53. The molecule has 2 aromatic rings. The molecule has 0 aliphatic carbocycles. The molecule has 0 aliphatic heterocycles. The van der Waals surface area contributed by atoms with Gasteiger partial charge in [-0.3, -0.25) is 4.79 Å². The molecule has 0 bridgehead atoms. The summed E-state index contributed by atoms with van der Waals surface area (Å²) in [7, 11) is 0. The number of benzene rings is 2. The highest BCUT2D eigenvalue weighted by molar-refractivity contribution is 6.30. The minimum Gasteiger partial charge on any atom is -0.507 e. The van der Waals surface area contributed by atoms with Gasteiger partial charge in [0.15, 0.2) is 0 Å². The van der Waals surface area contributed by atoms with E-state index in [9.17, 15) is 9.90 Å². The highest BCUT2D eigenvalue weighted by atomic mass is 35.5. The van der Waals surface area contributed by atoms with Crippen molar-refractivity contribution in [2.24, 2.45) is 5.10 Å². The molecule has 5 nitrogen and oxygen atoms in total. The molecular weight excluding hydrogens is 326 g/mol. The van der Waals surface area contributed by atoms with Crippen LogP contribution in [0.15, 0.2) is 47.6 Å². The molecule has 2 aromatic carbocycles. The van der Waals surface area contributed by atoms with Crippen LogP contribution in [-0.4, -0.2) is 30.3 Å². The van der Waals surface area contributed by atoms with Crippen molar-refractivity contribution in [1.82, 2.24) is 5.43 Å². The fourth-order valence-corrected chi connectivity index (χ4v) is 2.47. The fraction of sp³-hybridized carbons (Fsp3) is 0.222. The Balaban J connectivity index is 2.05. The summed E-state index contributed by atoms with van der Waals surface area (Å²) in [5.74, 6) is -0.256. The Bertz CT molecular complexity index is 743. The van der Waals surface area contributed by atoms with E-state index in [1.165, 1.54) is 6.21 Å². The first-order chi connectivity index (χ1) is 11.5. The summed E-state index contributed by atoms with van der Waals surface area (Å²) < 4.78 is 0. The normalized spacial score (nSPS) is 10.8. The quantitative estimate of drug-likeness (QED) is 0.620. The number of halogens is 1. The summed E-state index contributed by atoms with van der Waals surface area (Å²) in [6.07, 6.45) is 1.41. The van der Waals surface area contributed by atoms with Gasteiger partial charge in [-0.2, -0.15) is 5.10 Å². The van der Waals surface area contributed by atoms with Crippen molar-refractivity contribution in [3.05, 3.63) is 58.6 Å². The van der Waals surface area contributed by atoms with E-state index < -0.39 is 0 Å². The van der Waals surface area contributed by atoms with Gasteiger partial charge in [0.05, 0.1) is 6.21 Å². The number of hydrogen-bond donors (Lipinski definition) is 2. The lowest BCUT2D eigenvalue weighted by molar-refractivity contribution is 0.0955. The number of aromatic hydroxyl groups is 1. The first-order valence-corrected chi connectivity index (χ1v) is 8.09. The topological polar surface area (TPSA) is 64.9 Å². The fourth-order valence-electron chi connectivity index (χ4n) is 2.28. The molecule has 0 aromatic heterocycles. The zero-order chi connectivity index (χ0) is 17.5. The molecule has 0 saturated carbocycles. The van der Waals surface area contributed by atoms with Crippen LogP contribution < -0.4 is 10.3 Å². The Morgan fingerprint density at radius 3 is 2.62 bits per heavy atom. The highest BCUT2D eigenvalue weighted by Gasteiger charge is 2.07. The maximum Gasteiger partial charge on any atom is 0.271 e. The first-order valence-electron chi connectivity index (χ1n) is 7.72. The van der Waals surface area contributed by atoms with Crippen LogP contribution in [0.3, 0.4) is 0 Å². The van der Waals surface area contributed by atoms with Gasteiger partial charge in [0.25, 0.3) is 5.91 Å². The van der Waals surface area contributed by atoms with Crippen molar-refractivity contribution >= 4 is 29.4 Å². The van der Waals surface area contributed by atoms with E-state index in [0.717, 1.165) is 18.8 Å². The minimum atomic E-state index is -0.368. The highest BCUT2D eigenvalue weighted by Crippen LogP contribution is 2.23. The summed E-state index contributed by atoms with van der Waals surface area (Å²) in [5, 5.41) is 14.5. The number of rotatable bonds is 6. The number of carbonyl (C=O) groups is 1. The molecule has 0 atom stereocenters. The van der Waals surface area contributed by atoms with E-state index >= 15 is 0 Å². The molecule has 1 amide bonds. The van der Waals surface area contributed by atoms with Gasteiger partial charge in [0.2, 0.25) is 0 Å². The van der Waals surface area contributed by atoms with Crippen LogP contribution in [0.25, 0.3) is 0 Å². The lowest BCUT2D eigenvalue weighted by Crippen LogP contribution is -2.21. The van der Waals surface area contributed by atoms with Gasteiger partial charge in [-0.25, -0.2) is 5.43 Å². The lowest BCUT2D eigenvalue weighted by atomic mass is 10.2. The molecule has 6 heteroatoms. The molecule has 0 aliphatic rings. The van der Waals surface area contributed by atoms with Crippen LogP contribution in [0.5, 0.6) is 5.75 Å². The smallest absolute Gasteiger partial charge is 0.271 e. The van der Waals surface area contributed by atoms with Gasteiger partial charge in [-0.1, -0.05) is 17.7 Å². The SMILES string of the molecule is CCN(CC)c1ccc(/C=N/NC(=O)c2cccc(Cl)c2)c(O)c1. The zero-order valence-electron chi connectivity index (χ0n) is 13.7. The number of phenols is 1. The molecule has 126 valence electrons. The number of carbonyl (C=O) groups excluding carboxylic acids is 1. The second-order valence-electron chi connectivity index (χ2n) is 5.12. The molecule has 0 fully saturated rings.